The Balaban J connectivity index is 4.14. The summed E-state index contributed by atoms with van der Waals surface area (Å²) in [5, 5.41) is 11.3. The highest BCUT2D eigenvalue weighted by atomic mass is 16.5. The summed E-state index contributed by atoms with van der Waals surface area (Å²) >= 11 is 0. The van der Waals surface area contributed by atoms with E-state index in [0.29, 0.717) is 19.6 Å². The summed E-state index contributed by atoms with van der Waals surface area (Å²) in [5.74, 6) is -1.19. The Kier molecular flexibility index (Phi) is 10.1. The lowest BCUT2D eigenvalue weighted by molar-refractivity contribution is -0.138. The summed E-state index contributed by atoms with van der Waals surface area (Å²) in [7, 11) is 1.72. The largest absolute Gasteiger partial charge is 0.481 e. The molecule has 2 atom stereocenters. The van der Waals surface area contributed by atoms with E-state index in [1.165, 1.54) is 0 Å². The fraction of sp³-hybridized carbons (Fsp3) is 0.882. The summed E-state index contributed by atoms with van der Waals surface area (Å²) in [6.45, 7) is 9.35. The van der Waals surface area contributed by atoms with E-state index in [9.17, 15) is 9.59 Å². The number of hydrogen-bond acceptors (Lipinski definition) is 4. The molecule has 1 amide bonds. The second kappa shape index (κ2) is 10.6. The van der Waals surface area contributed by atoms with Gasteiger partial charge in [-0.2, -0.15) is 0 Å². The molecule has 0 heterocycles. The van der Waals surface area contributed by atoms with Crippen molar-refractivity contribution in [2.24, 2.45) is 0 Å². The monoisotopic (exact) mass is 331 g/mol. The number of aliphatic carboxylic acids is 1. The normalized spacial score (nSPS) is 16.4. The van der Waals surface area contributed by atoms with Crippen LogP contribution in [0.15, 0.2) is 0 Å². The maximum atomic E-state index is 11.5. The van der Waals surface area contributed by atoms with Crippen molar-refractivity contribution in [1.29, 1.82) is 0 Å². The summed E-state index contributed by atoms with van der Waals surface area (Å²) in [4.78, 5) is 21.9. The third kappa shape index (κ3) is 9.56. The number of carboxylic acids is 1. The molecule has 0 aliphatic heterocycles. The molecular weight excluding hydrogens is 298 g/mol. The average molecular weight is 331 g/mol. The van der Waals surface area contributed by atoms with E-state index in [1.54, 1.807) is 7.11 Å². The van der Waals surface area contributed by atoms with Crippen molar-refractivity contribution < 1.29 is 24.2 Å². The van der Waals surface area contributed by atoms with Gasteiger partial charge in [-0.25, -0.2) is 0 Å². The quantitative estimate of drug-likeness (QED) is 0.542. The Morgan fingerprint density at radius 1 is 1.04 bits per heavy atom. The molecule has 0 bridgehead atoms. The van der Waals surface area contributed by atoms with Crippen LogP contribution in [0.5, 0.6) is 0 Å². The lowest BCUT2D eigenvalue weighted by Crippen LogP contribution is -2.36. The van der Waals surface area contributed by atoms with Gasteiger partial charge in [0.15, 0.2) is 0 Å². The van der Waals surface area contributed by atoms with E-state index in [4.69, 9.17) is 14.6 Å². The first-order valence-corrected chi connectivity index (χ1v) is 8.38. The molecule has 0 fully saturated rings. The zero-order valence-corrected chi connectivity index (χ0v) is 15.2. The second-order valence-corrected chi connectivity index (χ2v) is 6.40. The molecule has 6 heteroatoms. The van der Waals surface area contributed by atoms with E-state index in [1.807, 2.05) is 6.92 Å². The van der Waals surface area contributed by atoms with Gasteiger partial charge in [-0.3, -0.25) is 9.59 Å². The molecule has 0 rings (SSSR count). The first kappa shape index (κ1) is 21.9. The number of rotatable bonds is 13. The number of hydrogen-bond donors (Lipinski definition) is 2. The predicted molar refractivity (Wildman–Crippen MR) is 89.5 cm³/mol. The van der Waals surface area contributed by atoms with Gasteiger partial charge in [-0.15, -0.1) is 0 Å². The lowest BCUT2D eigenvalue weighted by atomic mass is 9.97. The van der Waals surface area contributed by atoms with Crippen molar-refractivity contribution in [2.45, 2.75) is 77.4 Å². The van der Waals surface area contributed by atoms with Crippen LogP contribution in [0.3, 0.4) is 0 Å². The van der Waals surface area contributed by atoms with Crippen molar-refractivity contribution in [3.63, 3.8) is 0 Å². The number of carboxylic acid groups (broad SMARTS) is 1. The first-order chi connectivity index (χ1) is 10.7. The molecule has 0 radical (unpaired) electrons. The van der Waals surface area contributed by atoms with Gasteiger partial charge in [0.25, 0.3) is 0 Å². The van der Waals surface area contributed by atoms with Gasteiger partial charge in [0, 0.05) is 20.1 Å². The van der Waals surface area contributed by atoms with Crippen LogP contribution in [0.25, 0.3) is 0 Å². The highest BCUT2D eigenvalue weighted by Crippen LogP contribution is 2.23. The predicted octanol–water partition coefficient (Wildman–Crippen LogP) is 2.75. The molecule has 0 aromatic carbocycles. The van der Waals surface area contributed by atoms with Crippen LogP contribution in [-0.4, -0.2) is 48.4 Å². The Bertz CT molecular complexity index is 368. The standard InChI is InChI=1S/C17H33NO5/c1-6-16(3,22-5)11-13-23-17(4,7-2)10-12-18-14(19)8-9-15(20)21/h6-13H2,1-5H3,(H,18,19)(H,20,21). The van der Waals surface area contributed by atoms with Gasteiger partial charge >= 0.3 is 5.97 Å². The van der Waals surface area contributed by atoms with E-state index >= 15 is 0 Å². The number of ether oxygens (including phenoxy) is 2. The molecule has 0 aliphatic rings. The van der Waals surface area contributed by atoms with Crippen molar-refractivity contribution in [2.75, 3.05) is 20.3 Å². The fourth-order valence-corrected chi connectivity index (χ4v) is 2.06. The number of carbonyl (C=O) groups excluding carboxylic acids is 1. The summed E-state index contributed by atoms with van der Waals surface area (Å²) in [6, 6.07) is 0. The third-order valence-corrected chi connectivity index (χ3v) is 4.61. The fourth-order valence-electron chi connectivity index (χ4n) is 2.06. The SMILES string of the molecule is CCC(C)(CCOC(C)(CC)CCNC(=O)CCC(=O)O)OC. The molecule has 2 unspecified atom stereocenters. The van der Waals surface area contributed by atoms with Crippen LogP contribution in [0.4, 0.5) is 0 Å². The maximum Gasteiger partial charge on any atom is 0.303 e. The van der Waals surface area contributed by atoms with Gasteiger partial charge in [0.05, 0.1) is 24.2 Å². The zero-order chi connectivity index (χ0) is 17.9. The van der Waals surface area contributed by atoms with Crippen molar-refractivity contribution in [3.05, 3.63) is 0 Å². The van der Waals surface area contributed by atoms with Gasteiger partial charge in [-0.1, -0.05) is 13.8 Å². The van der Waals surface area contributed by atoms with Gasteiger partial charge < -0.3 is 19.9 Å². The smallest absolute Gasteiger partial charge is 0.303 e. The number of carbonyl (C=O) groups is 2. The Morgan fingerprint density at radius 2 is 1.65 bits per heavy atom. The average Bonchev–Trinajstić information content (AvgIpc) is 2.52. The van der Waals surface area contributed by atoms with Gasteiger partial charge in [0.2, 0.25) is 5.91 Å². The summed E-state index contributed by atoms with van der Waals surface area (Å²) in [6.07, 6.45) is 3.16. The van der Waals surface area contributed by atoms with Crippen LogP contribution in [0.2, 0.25) is 0 Å². The molecule has 23 heavy (non-hydrogen) atoms. The number of nitrogens with one attached hydrogen (secondary N) is 1. The third-order valence-electron chi connectivity index (χ3n) is 4.61. The highest BCUT2D eigenvalue weighted by Gasteiger charge is 2.26. The molecular formula is C17H33NO5. The molecule has 0 saturated carbocycles. The minimum absolute atomic E-state index is 0.0156. The van der Waals surface area contributed by atoms with E-state index in [2.05, 4.69) is 26.1 Å². The van der Waals surface area contributed by atoms with Crippen LogP contribution >= 0.6 is 0 Å². The molecule has 0 aromatic heterocycles. The second-order valence-electron chi connectivity index (χ2n) is 6.40. The molecule has 0 aromatic rings. The zero-order valence-electron chi connectivity index (χ0n) is 15.2. The van der Waals surface area contributed by atoms with Crippen LogP contribution < -0.4 is 5.32 Å². The number of methoxy groups -OCH3 is 1. The molecule has 136 valence electrons. The Hall–Kier alpha value is -1.14. The highest BCUT2D eigenvalue weighted by molar-refractivity contribution is 5.80. The minimum Gasteiger partial charge on any atom is -0.481 e. The number of amides is 1. The lowest BCUT2D eigenvalue weighted by Gasteiger charge is -2.32. The van der Waals surface area contributed by atoms with Crippen molar-refractivity contribution >= 4 is 11.9 Å². The molecule has 0 spiro atoms. The Labute approximate surface area is 139 Å². The summed E-state index contributed by atoms with van der Waals surface area (Å²) < 4.78 is 11.5. The van der Waals surface area contributed by atoms with Crippen LogP contribution in [0.1, 0.15) is 66.2 Å². The van der Waals surface area contributed by atoms with Gasteiger partial charge in [-0.05, 0) is 39.5 Å². The van der Waals surface area contributed by atoms with E-state index in [-0.39, 0.29) is 30.0 Å². The van der Waals surface area contributed by atoms with Gasteiger partial charge in [0.1, 0.15) is 0 Å². The van der Waals surface area contributed by atoms with Crippen LogP contribution in [-0.2, 0) is 19.1 Å². The molecule has 2 N–H and O–H groups in total. The van der Waals surface area contributed by atoms with Crippen LogP contribution in [0, 0.1) is 0 Å². The van der Waals surface area contributed by atoms with Crippen molar-refractivity contribution in [1.82, 2.24) is 5.32 Å². The molecule has 0 saturated heterocycles. The molecule has 6 nitrogen and oxygen atoms in total. The van der Waals surface area contributed by atoms with E-state index in [0.717, 1.165) is 19.3 Å². The summed E-state index contributed by atoms with van der Waals surface area (Å²) in [5.41, 5.74) is -0.470. The first-order valence-electron chi connectivity index (χ1n) is 8.38. The Morgan fingerprint density at radius 3 is 2.13 bits per heavy atom. The maximum absolute atomic E-state index is 11.5. The molecule has 0 aliphatic carbocycles. The topological polar surface area (TPSA) is 84.9 Å². The van der Waals surface area contributed by atoms with E-state index < -0.39 is 5.97 Å². The van der Waals surface area contributed by atoms with Crippen molar-refractivity contribution in [3.8, 4) is 0 Å². The minimum atomic E-state index is -0.959.